The Morgan fingerprint density at radius 2 is 1.88 bits per heavy atom. The van der Waals surface area contributed by atoms with Gasteiger partial charge in [-0.05, 0) is 14.1 Å². The Morgan fingerprint density at radius 1 is 1.25 bits per heavy atom. The fourth-order valence-corrected chi connectivity index (χ4v) is 1.52. The summed E-state index contributed by atoms with van der Waals surface area (Å²) in [7, 11) is 3.91. The van der Waals surface area contributed by atoms with Gasteiger partial charge in [-0.1, -0.05) is 6.08 Å². The largest absolute Gasteiger partial charge is 0.342 e. The van der Waals surface area contributed by atoms with Crippen LogP contribution in [0.3, 0.4) is 0 Å². The molecule has 2 amide bonds. The lowest BCUT2D eigenvalue weighted by molar-refractivity contribution is -0.130. The molecule has 0 saturated carbocycles. The van der Waals surface area contributed by atoms with Gasteiger partial charge in [-0.25, -0.2) is 0 Å². The van der Waals surface area contributed by atoms with Gasteiger partial charge in [0.05, 0.1) is 0 Å². The fraction of sp³-hybridized carbons (Fsp3) is 0.636. The van der Waals surface area contributed by atoms with E-state index in [9.17, 15) is 9.59 Å². The summed E-state index contributed by atoms with van der Waals surface area (Å²) in [6, 6.07) is 0. The molecule has 0 spiro atoms. The second-order valence-electron chi connectivity index (χ2n) is 4.13. The third kappa shape index (κ3) is 4.02. The number of hydrogen-bond donors (Lipinski definition) is 0. The highest BCUT2D eigenvalue weighted by Gasteiger charge is 2.17. The van der Waals surface area contributed by atoms with Crippen LogP contribution in [0, 0.1) is 0 Å². The molecule has 0 radical (unpaired) electrons. The summed E-state index contributed by atoms with van der Waals surface area (Å²) in [6.45, 7) is 3.29. The first-order valence-electron chi connectivity index (χ1n) is 5.43. The number of nitrogens with zero attached hydrogens (tertiary/aromatic N) is 3. The summed E-state index contributed by atoms with van der Waals surface area (Å²) in [5.41, 5.74) is 0. The number of hydrogen-bond acceptors (Lipinski definition) is 3. The first kappa shape index (κ1) is 12.7. The van der Waals surface area contributed by atoms with Crippen LogP contribution in [0.5, 0.6) is 0 Å². The van der Waals surface area contributed by atoms with E-state index in [1.54, 1.807) is 15.9 Å². The molecule has 0 aliphatic carbocycles. The van der Waals surface area contributed by atoms with Crippen molar-refractivity contribution in [1.29, 1.82) is 0 Å². The van der Waals surface area contributed by atoms with Gasteiger partial charge in [-0.3, -0.25) is 9.59 Å². The molecular weight excluding hydrogens is 206 g/mol. The Labute approximate surface area is 96.3 Å². The monoisotopic (exact) mass is 225 g/mol. The molecule has 0 bridgehead atoms. The first-order chi connectivity index (χ1) is 7.63. The number of carbonyl (C=O) groups excluding carboxylic acids is 2. The van der Waals surface area contributed by atoms with E-state index >= 15 is 0 Å². The van der Waals surface area contributed by atoms with Gasteiger partial charge in [0, 0.05) is 38.8 Å². The van der Waals surface area contributed by atoms with E-state index in [0.29, 0.717) is 26.2 Å². The zero-order valence-electron chi connectivity index (χ0n) is 9.93. The van der Waals surface area contributed by atoms with E-state index in [0.717, 1.165) is 13.0 Å². The Morgan fingerprint density at radius 3 is 2.38 bits per heavy atom. The third-order valence-electron chi connectivity index (χ3n) is 2.51. The molecule has 0 unspecified atom stereocenters. The van der Waals surface area contributed by atoms with Gasteiger partial charge < -0.3 is 14.7 Å². The van der Waals surface area contributed by atoms with Crippen LogP contribution in [-0.2, 0) is 9.59 Å². The highest BCUT2D eigenvalue weighted by molar-refractivity contribution is 5.87. The molecule has 0 atom stereocenters. The van der Waals surface area contributed by atoms with Crippen LogP contribution in [0.1, 0.15) is 0 Å². The molecule has 1 aliphatic heterocycles. The lowest BCUT2D eigenvalue weighted by Gasteiger charge is -2.31. The number of piperazine rings is 1. The average Bonchev–Trinajstić information content (AvgIpc) is 2.28. The molecular formula is C11H19N3O2. The van der Waals surface area contributed by atoms with Crippen molar-refractivity contribution < 1.29 is 9.59 Å². The van der Waals surface area contributed by atoms with E-state index in [2.05, 4.69) is 0 Å². The van der Waals surface area contributed by atoms with Crippen molar-refractivity contribution >= 4 is 12.3 Å². The summed E-state index contributed by atoms with van der Waals surface area (Å²) >= 11 is 0. The van der Waals surface area contributed by atoms with E-state index in [1.165, 1.54) is 0 Å². The zero-order chi connectivity index (χ0) is 12.0. The lowest BCUT2D eigenvalue weighted by Crippen LogP contribution is -2.47. The normalized spacial score (nSPS) is 17.2. The molecule has 0 N–H and O–H groups in total. The minimum atomic E-state index is 0.0346. The van der Waals surface area contributed by atoms with Crippen LogP contribution in [0.25, 0.3) is 0 Å². The Balaban J connectivity index is 2.33. The van der Waals surface area contributed by atoms with E-state index in [1.807, 2.05) is 25.1 Å². The third-order valence-corrected chi connectivity index (χ3v) is 2.51. The van der Waals surface area contributed by atoms with Crippen molar-refractivity contribution in [3.63, 3.8) is 0 Å². The Kier molecular flexibility index (Phi) is 4.98. The summed E-state index contributed by atoms with van der Waals surface area (Å²) in [6.07, 6.45) is 4.30. The van der Waals surface area contributed by atoms with Crippen molar-refractivity contribution in [2.45, 2.75) is 0 Å². The predicted molar refractivity (Wildman–Crippen MR) is 61.9 cm³/mol. The predicted octanol–water partition coefficient (Wildman–Crippen LogP) is -0.595. The molecule has 1 aliphatic rings. The van der Waals surface area contributed by atoms with Crippen molar-refractivity contribution in [2.24, 2.45) is 0 Å². The van der Waals surface area contributed by atoms with Gasteiger partial charge in [0.1, 0.15) is 0 Å². The van der Waals surface area contributed by atoms with E-state index < -0.39 is 0 Å². The van der Waals surface area contributed by atoms with Gasteiger partial charge in [-0.2, -0.15) is 0 Å². The summed E-state index contributed by atoms with van der Waals surface area (Å²) in [4.78, 5) is 27.6. The van der Waals surface area contributed by atoms with E-state index in [4.69, 9.17) is 0 Å². The SMILES string of the molecule is CN(C)C/C=C/C(=O)N1CCN(C=O)CC1. The van der Waals surface area contributed by atoms with Crippen LogP contribution in [0.2, 0.25) is 0 Å². The topological polar surface area (TPSA) is 43.9 Å². The van der Waals surface area contributed by atoms with Crippen molar-refractivity contribution in [2.75, 3.05) is 46.8 Å². The Bertz CT molecular complexity index is 268. The molecule has 0 aromatic heterocycles. The van der Waals surface area contributed by atoms with Crippen molar-refractivity contribution in [3.05, 3.63) is 12.2 Å². The van der Waals surface area contributed by atoms with Gasteiger partial charge in [0.25, 0.3) is 0 Å². The molecule has 1 saturated heterocycles. The zero-order valence-corrected chi connectivity index (χ0v) is 9.93. The van der Waals surface area contributed by atoms with Crippen molar-refractivity contribution in [1.82, 2.24) is 14.7 Å². The Hall–Kier alpha value is -1.36. The lowest BCUT2D eigenvalue weighted by atomic mass is 10.3. The van der Waals surface area contributed by atoms with Crippen LogP contribution in [0.4, 0.5) is 0 Å². The maximum atomic E-state index is 11.7. The number of amides is 2. The molecule has 5 nitrogen and oxygen atoms in total. The molecule has 1 rings (SSSR count). The number of rotatable bonds is 4. The molecule has 5 heteroatoms. The van der Waals surface area contributed by atoms with Crippen LogP contribution < -0.4 is 0 Å². The van der Waals surface area contributed by atoms with Crippen LogP contribution in [0.15, 0.2) is 12.2 Å². The smallest absolute Gasteiger partial charge is 0.246 e. The van der Waals surface area contributed by atoms with Gasteiger partial charge >= 0.3 is 0 Å². The number of carbonyl (C=O) groups is 2. The molecule has 90 valence electrons. The summed E-state index contributed by atoms with van der Waals surface area (Å²) in [5.74, 6) is 0.0346. The van der Waals surface area contributed by atoms with Crippen molar-refractivity contribution in [3.8, 4) is 0 Å². The maximum absolute atomic E-state index is 11.7. The van der Waals surface area contributed by atoms with E-state index in [-0.39, 0.29) is 5.91 Å². The molecule has 1 fully saturated rings. The minimum absolute atomic E-state index is 0.0346. The second-order valence-corrected chi connectivity index (χ2v) is 4.13. The fourth-order valence-electron chi connectivity index (χ4n) is 1.52. The second kappa shape index (κ2) is 6.27. The quantitative estimate of drug-likeness (QED) is 0.474. The van der Waals surface area contributed by atoms with Crippen LogP contribution in [-0.4, -0.2) is 73.8 Å². The summed E-state index contributed by atoms with van der Waals surface area (Å²) in [5, 5.41) is 0. The average molecular weight is 225 g/mol. The maximum Gasteiger partial charge on any atom is 0.246 e. The molecule has 1 heterocycles. The molecule has 0 aromatic rings. The summed E-state index contributed by atoms with van der Waals surface area (Å²) < 4.78 is 0. The standard InChI is InChI=1S/C11H19N3O2/c1-12(2)5-3-4-11(16)14-8-6-13(10-15)7-9-14/h3-4,10H,5-9H2,1-2H3/b4-3+. The van der Waals surface area contributed by atoms with Gasteiger partial charge in [-0.15, -0.1) is 0 Å². The highest BCUT2D eigenvalue weighted by Crippen LogP contribution is 2.00. The van der Waals surface area contributed by atoms with Gasteiger partial charge in [0.15, 0.2) is 0 Å². The first-order valence-corrected chi connectivity index (χ1v) is 5.43. The number of likely N-dealkylation sites (N-methyl/N-ethyl adjacent to an activating group) is 1. The molecule has 0 aromatic carbocycles. The highest BCUT2D eigenvalue weighted by atomic mass is 16.2. The van der Waals surface area contributed by atoms with Crippen LogP contribution >= 0.6 is 0 Å². The van der Waals surface area contributed by atoms with Gasteiger partial charge in [0.2, 0.25) is 12.3 Å². The minimum Gasteiger partial charge on any atom is -0.342 e. The molecule has 16 heavy (non-hydrogen) atoms.